The van der Waals surface area contributed by atoms with Crippen LogP contribution >= 0.6 is 0 Å². The number of rotatable bonds is 3. The Hall–Kier alpha value is -1.51. The van der Waals surface area contributed by atoms with Crippen LogP contribution in [0.5, 0.6) is 5.75 Å². The first-order valence-corrected chi connectivity index (χ1v) is 5.16. The maximum atomic E-state index is 11.8. The Balaban J connectivity index is 2.21. The molecule has 0 radical (unpaired) electrons. The van der Waals surface area contributed by atoms with Gasteiger partial charge in [-0.25, -0.2) is 0 Å². The quantitative estimate of drug-likeness (QED) is 0.818. The molecule has 1 amide bonds. The minimum Gasteiger partial charge on any atom is -0.496 e. The minimum atomic E-state index is -0.0330. The summed E-state index contributed by atoms with van der Waals surface area (Å²) in [6.07, 6.45) is 2.19. The summed E-state index contributed by atoms with van der Waals surface area (Å²) in [4.78, 5) is 11.8. The largest absolute Gasteiger partial charge is 0.496 e. The molecule has 1 aromatic rings. The molecule has 0 aliphatic heterocycles. The van der Waals surface area contributed by atoms with Crippen LogP contribution in [0.15, 0.2) is 18.2 Å². The van der Waals surface area contributed by atoms with Gasteiger partial charge in [0.2, 0.25) is 0 Å². The Morgan fingerprint density at radius 3 is 2.80 bits per heavy atom. The second kappa shape index (κ2) is 3.93. The van der Waals surface area contributed by atoms with Gasteiger partial charge in [-0.2, -0.15) is 0 Å². The van der Waals surface area contributed by atoms with E-state index in [2.05, 4.69) is 5.32 Å². The van der Waals surface area contributed by atoms with Gasteiger partial charge in [0.15, 0.2) is 0 Å². The summed E-state index contributed by atoms with van der Waals surface area (Å²) in [5, 5.41) is 2.95. The third-order valence-electron chi connectivity index (χ3n) is 2.51. The molecule has 0 saturated heterocycles. The molecule has 2 rings (SSSR count). The number of aryl methyl sites for hydroxylation is 1. The first-order valence-electron chi connectivity index (χ1n) is 5.16. The van der Waals surface area contributed by atoms with Crippen molar-refractivity contribution in [2.45, 2.75) is 25.8 Å². The number of methoxy groups -OCH3 is 1. The fourth-order valence-electron chi connectivity index (χ4n) is 1.48. The van der Waals surface area contributed by atoms with Gasteiger partial charge in [-0.15, -0.1) is 0 Å². The highest BCUT2D eigenvalue weighted by Gasteiger charge is 2.24. The van der Waals surface area contributed by atoms with Gasteiger partial charge < -0.3 is 10.1 Å². The Morgan fingerprint density at radius 1 is 1.47 bits per heavy atom. The van der Waals surface area contributed by atoms with E-state index < -0.39 is 0 Å². The molecule has 1 N–H and O–H groups in total. The molecule has 3 nitrogen and oxygen atoms in total. The SMILES string of the molecule is COc1cc(C)ccc1C(=O)NC1CC1. The lowest BCUT2D eigenvalue weighted by molar-refractivity contribution is 0.0948. The molecule has 15 heavy (non-hydrogen) atoms. The highest BCUT2D eigenvalue weighted by Crippen LogP contribution is 2.23. The van der Waals surface area contributed by atoms with Gasteiger partial charge >= 0.3 is 0 Å². The van der Waals surface area contributed by atoms with Gasteiger partial charge in [0, 0.05) is 6.04 Å². The maximum absolute atomic E-state index is 11.8. The van der Waals surface area contributed by atoms with Crippen molar-refractivity contribution in [3.8, 4) is 5.75 Å². The summed E-state index contributed by atoms with van der Waals surface area (Å²) < 4.78 is 5.19. The van der Waals surface area contributed by atoms with Crippen LogP contribution in [-0.2, 0) is 0 Å². The molecule has 1 aromatic carbocycles. The average molecular weight is 205 g/mol. The second-order valence-corrected chi connectivity index (χ2v) is 3.95. The van der Waals surface area contributed by atoms with Crippen molar-refractivity contribution in [2.75, 3.05) is 7.11 Å². The average Bonchev–Trinajstić information content (AvgIpc) is 3.01. The minimum absolute atomic E-state index is 0.0330. The summed E-state index contributed by atoms with van der Waals surface area (Å²) in [5.41, 5.74) is 1.71. The number of ether oxygens (including phenoxy) is 1. The lowest BCUT2D eigenvalue weighted by atomic mass is 10.1. The predicted molar refractivity (Wildman–Crippen MR) is 58.2 cm³/mol. The molecule has 1 aliphatic rings. The molecule has 0 heterocycles. The van der Waals surface area contributed by atoms with E-state index in [4.69, 9.17) is 4.74 Å². The van der Waals surface area contributed by atoms with Crippen LogP contribution in [-0.4, -0.2) is 19.1 Å². The molecule has 0 atom stereocenters. The smallest absolute Gasteiger partial charge is 0.255 e. The van der Waals surface area contributed by atoms with Crippen LogP contribution in [0.4, 0.5) is 0 Å². The van der Waals surface area contributed by atoms with E-state index >= 15 is 0 Å². The van der Waals surface area contributed by atoms with Crippen LogP contribution in [0.25, 0.3) is 0 Å². The molecule has 1 aliphatic carbocycles. The van der Waals surface area contributed by atoms with Crippen molar-refractivity contribution in [2.24, 2.45) is 0 Å². The highest BCUT2D eigenvalue weighted by molar-refractivity contribution is 5.97. The molecule has 0 bridgehead atoms. The lowest BCUT2D eigenvalue weighted by Crippen LogP contribution is -2.25. The fraction of sp³-hybridized carbons (Fsp3) is 0.417. The third kappa shape index (κ3) is 2.29. The van der Waals surface area contributed by atoms with Crippen molar-refractivity contribution in [3.63, 3.8) is 0 Å². The van der Waals surface area contributed by atoms with Crippen LogP contribution < -0.4 is 10.1 Å². The molecule has 0 spiro atoms. The normalized spacial score (nSPS) is 14.8. The number of hydrogen-bond donors (Lipinski definition) is 1. The van der Waals surface area contributed by atoms with Crippen molar-refractivity contribution >= 4 is 5.91 Å². The topological polar surface area (TPSA) is 38.3 Å². The molecule has 0 aromatic heterocycles. The third-order valence-corrected chi connectivity index (χ3v) is 2.51. The lowest BCUT2D eigenvalue weighted by Gasteiger charge is -2.09. The molecular weight excluding hydrogens is 190 g/mol. The first-order chi connectivity index (χ1) is 7.20. The summed E-state index contributed by atoms with van der Waals surface area (Å²) >= 11 is 0. The van der Waals surface area contributed by atoms with E-state index in [0.717, 1.165) is 18.4 Å². The van der Waals surface area contributed by atoms with Gasteiger partial charge in [-0.1, -0.05) is 6.07 Å². The Morgan fingerprint density at radius 2 is 2.20 bits per heavy atom. The van der Waals surface area contributed by atoms with Crippen molar-refractivity contribution in [3.05, 3.63) is 29.3 Å². The van der Waals surface area contributed by atoms with E-state index in [1.165, 1.54) is 0 Å². The van der Waals surface area contributed by atoms with Gasteiger partial charge in [0.25, 0.3) is 5.91 Å². The van der Waals surface area contributed by atoms with Gasteiger partial charge in [0.1, 0.15) is 5.75 Å². The van der Waals surface area contributed by atoms with Crippen molar-refractivity contribution < 1.29 is 9.53 Å². The maximum Gasteiger partial charge on any atom is 0.255 e. The molecule has 1 fully saturated rings. The fourth-order valence-corrected chi connectivity index (χ4v) is 1.48. The second-order valence-electron chi connectivity index (χ2n) is 3.95. The summed E-state index contributed by atoms with van der Waals surface area (Å²) in [7, 11) is 1.59. The summed E-state index contributed by atoms with van der Waals surface area (Å²) in [6, 6.07) is 5.99. The monoisotopic (exact) mass is 205 g/mol. The standard InChI is InChI=1S/C12H15NO2/c1-8-3-6-10(11(7-8)15-2)12(14)13-9-4-5-9/h3,6-7,9H,4-5H2,1-2H3,(H,13,14). The number of carbonyl (C=O) groups is 1. The van der Waals surface area contributed by atoms with E-state index in [1.54, 1.807) is 7.11 Å². The van der Waals surface area contributed by atoms with Crippen molar-refractivity contribution in [1.82, 2.24) is 5.32 Å². The number of amides is 1. The predicted octanol–water partition coefficient (Wildman–Crippen LogP) is 1.90. The zero-order valence-corrected chi connectivity index (χ0v) is 9.04. The van der Waals surface area contributed by atoms with E-state index in [0.29, 0.717) is 17.4 Å². The van der Waals surface area contributed by atoms with Crippen LogP contribution in [0.2, 0.25) is 0 Å². The van der Waals surface area contributed by atoms with Gasteiger partial charge in [-0.05, 0) is 37.5 Å². The number of carbonyl (C=O) groups excluding carboxylic acids is 1. The van der Waals surface area contributed by atoms with Crippen LogP contribution in [0, 0.1) is 6.92 Å². The molecule has 80 valence electrons. The summed E-state index contributed by atoms with van der Waals surface area (Å²) in [5.74, 6) is 0.613. The van der Waals surface area contributed by atoms with Gasteiger partial charge in [0.05, 0.1) is 12.7 Å². The number of nitrogens with one attached hydrogen (secondary N) is 1. The van der Waals surface area contributed by atoms with Gasteiger partial charge in [-0.3, -0.25) is 4.79 Å². The zero-order chi connectivity index (χ0) is 10.8. The Bertz CT molecular complexity index is 383. The number of benzene rings is 1. The van der Waals surface area contributed by atoms with Crippen LogP contribution in [0.1, 0.15) is 28.8 Å². The molecule has 3 heteroatoms. The zero-order valence-electron chi connectivity index (χ0n) is 9.04. The van der Waals surface area contributed by atoms with E-state index in [1.807, 2.05) is 25.1 Å². The molecule has 0 unspecified atom stereocenters. The highest BCUT2D eigenvalue weighted by atomic mass is 16.5. The molecule has 1 saturated carbocycles. The summed E-state index contributed by atoms with van der Waals surface area (Å²) in [6.45, 7) is 1.98. The first kappa shape index (κ1) is 10.0. The Labute approximate surface area is 89.4 Å². The van der Waals surface area contributed by atoms with Crippen LogP contribution in [0.3, 0.4) is 0 Å². The molecular formula is C12H15NO2. The van der Waals surface area contributed by atoms with Crippen molar-refractivity contribution in [1.29, 1.82) is 0 Å². The Kier molecular flexibility index (Phi) is 2.62. The van der Waals surface area contributed by atoms with E-state index in [-0.39, 0.29) is 5.91 Å². The number of hydrogen-bond acceptors (Lipinski definition) is 2. The van der Waals surface area contributed by atoms with E-state index in [9.17, 15) is 4.79 Å².